The second kappa shape index (κ2) is 3.17. The molecule has 0 aliphatic rings. The standard InChI is InChI=1S/C6H7N7O/c7-4(8)10-5-11-12-6(14-5)13-2-1-9-3-13/h1-3H,(H4,7,8,10,11). The molecule has 0 radical (unpaired) electrons. The topological polar surface area (TPSA) is 121 Å². The molecule has 2 rings (SSSR count). The summed E-state index contributed by atoms with van der Waals surface area (Å²) < 4.78 is 6.63. The molecule has 2 heterocycles. The van der Waals surface area contributed by atoms with Crippen LogP contribution in [0.4, 0.5) is 6.01 Å². The number of nitrogens with zero attached hydrogens (tertiary/aromatic N) is 5. The fourth-order valence-corrected chi connectivity index (χ4v) is 0.840. The van der Waals surface area contributed by atoms with Gasteiger partial charge in [0.25, 0.3) is 0 Å². The molecule has 0 aromatic carbocycles. The van der Waals surface area contributed by atoms with Crippen molar-refractivity contribution in [2.45, 2.75) is 0 Å². The van der Waals surface area contributed by atoms with E-state index in [1.807, 2.05) is 0 Å². The van der Waals surface area contributed by atoms with E-state index in [-0.39, 0.29) is 18.0 Å². The van der Waals surface area contributed by atoms with Crippen LogP contribution < -0.4 is 11.5 Å². The fourth-order valence-electron chi connectivity index (χ4n) is 0.840. The van der Waals surface area contributed by atoms with E-state index in [0.717, 1.165) is 0 Å². The summed E-state index contributed by atoms with van der Waals surface area (Å²) in [5.74, 6) is -0.133. The highest BCUT2D eigenvalue weighted by atomic mass is 16.4. The van der Waals surface area contributed by atoms with Crippen LogP contribution in [0.1, 0.15) is 0 Å². The Bertz CT molecular complexity index is 438. The Hall–Kier alpha value is -2.38. The van der Waals surface area contributed by atoms with E-state index in [2.05, 4.69) is 20.2 Å². The van der Waals surface area contributed by atoms with Crippen LogP contribution in [-0.2, 0) is 0 Å². The molecule has 0 spiro atoms. The molecule has 2 aromatic rings. The Balaban J connectivity index is 2.31. The van der Waals surface area contributed by atoms with Crippen LogP contribution >= 0.6 is 0 Å². The normalized spacial score (nSPS) is 10.0. The van der Waals surface area contributed by atoms with Crippen LogP contribution in [0.3, 0.4) is 0 Å². The quantitative estimate of drug-likeness (QED) is 0.473. The average Bonchev–Trinajstić information content (AvgIpc) is 2.69. The molecule has 2 aromatic heterocycles. The van der Waals surface area contributed by atoms with Crippen molar-refractivity contribution >= 4 is 12.0 Å². The number of nitrogens with two attached hydrogens (primary N) is 2. The first-order valence-corrected chi connectivity index (χ1v) is 3.67. The van der Waals surface area contributed by atoms with E-state index < -0.39 is 0 Å². The maximum Gasteiger partial charge on any atom is 0.347 e. The molecule has 0 saturated heterocycles. The van der Waals surface area contributed by atoms with Gasteiger partial charge < -0.3 is 15.9 Å². The van der Waals surface area contributed by atoms with Crippen molar-refractivity contribution in [1.29, 1.82) is 0 Å². The summed E-state index contributed by atoms with van der Waals surface area (Å²) in [4.78, 5) is 7.41. The summed E-state index contributed by atoms with van der Waals surface area (Å²) in [6.07, 6.45) is 4.77. The van der Waals surface area contributed by atoms with Gasteiger partial charge in [-0.2, -0.15) is 4.99 Å². The van der Waals surface area contributed by atoms with E-state index in [1.54, 1.807) is 17.0 Å². The van der Waals surface area contributed by atoms with Gasteiger partial charge in [0.2, 0.25) is 0 Å². The van der Waals surface area contributed by atoms with Gasteiger partial charge in [-0.1, -0.05) is 10.2 Å². The summed E-state index contributed by atoms with van der Waals surface area (Å²) in [6.45, 7) is 0. The first-order chi connectivity index (χ1) is 6.75. The number of hydrogen-bond acceptors (Lipinski definition) is 5. The lowest BCUT2D eigenvalue weighted by atomic mass is 10.9. The van der Waals surface area contributed by atoms with Crippen molar-refractivity contribution < 1.29 is 4.42 Å². The van der Waals surface area contributed by atoms with Gasteiger partial charge in [-0.3, -0.25) is 4.57 Å². The molecule has 0 saturated carbocycles. The summed E-state index contributed by atoms with van der Waals surface area (Å²) in [6, 6.07) is 0.260. The van der Waals surface area contributed by atoms with E-state index in [9.17, 15) is 0 Å². The number of rotatable bonds is 2. The van der Waals surface area contributed by atoms with Crippen LogP contribution in [0.2, 0.25) is 0 Å². The number of aromatic nitrogens is 4. The maximum absolute atomic E-state index is 5.13. The van der Waals surface area contributed by atoms with Gasteiger partial charge in [0.15, 0.2) is 5.96 Å². The third-order valence-corrected chi connectivity index (χ3v) is 1.35. The number of aliphatic imine (C=N–C) groups is 1. The monoisotopic (exact) mass is 193 g/mol. The van der Waals surface area contributed by atoms with Crippen molar-refractivity contribution in [1.82, 2.24) is 19.7 Å². The molecule has 4 N–H and O–H groups in total. The van der Waals surface area contributed by atoms with Crippen LogP contribution in [0.5, 0.6) is 0 Å². The van der Waals surface area contributed by atoms with E-state index in [0.29, 0.717) is 0 Å². The summed E-state index contributed by atoms with van der Waals surface area (Å²) in [5, 5.41) is 7.30. The average molecular weight is 193 g/mol. The molecule has 0 amide bonds. The SMILES string of the molecule is NC(N)=Nc1nnc(-n2ccnc2)o1. The molecular weight excluding hydrogens is 186 g/mol. The van der Waals surface area contributed by atoms with Crippen molar-refractivity contribution in [3.05, 3.63) is 18.7 Å². The van der Waals surface area contributed by atoms with E-state index in [1.165, 1.54) is 6.33 Å². The maximum atomic E-state index is 5.13. The number of imidazole rings is 1. The smallest absolute Gasteiger partial charge is 0.347 e. The van der Waals surface area contributed by atoms with Gasteiger partial charge in [-0.05, 0) is 0 Å². The Morgan fingerprint density at radius 3 is 2.93 bits per heavy atom. The van der Waals surface area contributed by atoms with Crippen molar-refractivity contribution in [3.63, 3.8) is 0 Å². The van der Waals surface area contributed by atoms with E-state index >= 15 is 0 Å². The van der Waals surface area contributed by atoms with Gasteiger partial charge in [-0.15, -0.1) is 0 Å². The Kier molecular flexibility index (Phi) is 1.86. The Morgan fingerprint density at radius 1 is 1.43 bits per heavy atom. The molecule has 0 aliphatic carbocycles. The lowest BCUT2D eigenvalue weighted by Crippen LogP contribution is -2.21. The van der Waals surface area contributed by atoms with E-state index in [4.69, 9.17) is 15.9 Å². The van der Waals surface area contributed by atoms with Crippen molar-refractivity contribution in [3.8, 4) is 6.01 Å². The third kappa shape index (κ3) is 1.53. The first-order valence-electron chi connectivity index (χ1n) is 3.67. The first kappa shape index (κ1) is 8.23. The van der Waals surface area contributed by atoms with Gasteiger partial charge >= 0.3 is 12.0 Å². The predicted octanol–water partition coefficient (Wildman–Crippen LogP) is -0.840. The van der Waals surface area contributed by atoms with Gasteiger partial charge in [0, 0.05) is 12.4 Å². The molecule has 14 heavy (non-hydrogen) atoms. The second-order valence-electron chi connectivity index (χ2n) is 2.37. The second-order valence-corrected chi connectivity index (χ2v) is 2.37. The molecule has 0 atom stereocenters. The minimum Gasteiger partial charge on any atom is -0.387 e. The summed E-state index contributed by atoms with van der Waals surface area (Å²) >= 11 is 0. The molecule has 0 bridgehead atoms. The number of hydrogen-bond donors (Lipinski definition) is 2. The zero-order valence-corrected chi connectivity index (χ0v) is 7.03. The molecule has 0 aliphatic heterocycles. The predicted molar refractivity (Wildman–Crippen MR) is 46.9 cm³/mol. The van der Waals surface area contributed by atoms with Crippen LogP contribution in [-0.4, -0.2) is 25.7 Å². The molecule has 72 valence electrons. The fraction of sp³-hybridized carbons (Fsp3) is 0. The van der Waals surface area contributed by atoms with Crippen LogP contribution in [0.15, 0.2) is 28.1 Å². The zero-order chi connectivity index (χ0) is 9.97. The van der Waals surface area contributed by atoms with Crippen LogP contribution in [0, 0.1) is 0 Å². The highest BCUT2D eigenvalue weighted by Gasteiger charge is 2.05. The highest BCUT2D eigenvalue weighted by Crippen LogP contribution is 2.11. The minimum absolute atomic E-state index is 0.00806. The highest BCUT2D eigenvalue weighted by molar-refractivity contribution is 5.77. The molecule has 0 fully saturated rings. The Labute approximate surface area is 78.3 Å². The minimum atomic E-state index is -0.133. The lowest BCUT2D eigenvalue weighted by Gasteiger charge is -1.89. The third-order valence-electron chi connectivity index (χ3n) is 1.35. The number of guanidine groups is 1. The zero-order valence-electron chi connectivity index (χ0n) is 7.03. The van der Waals surface area contributed by atoms with Crippen molar-refractivity contribution in [2.24, 2.45) is 16.5 Å². The molecule has 8 heteroatoms. The van der Waals surface area contributed by atoms with Gasteiger partial charge in [0.1, 0.15) is 6.33 Å². The van der Waals surface area contributed by atoms with Crippen LogP contribution in [0.25, 0.3) is 6.01 Å². The van der Waals surface area contributed by atoms with Gasteiger partial charge in [0.05, 0.1) is 0 Å². The Morgan fingerprint density at radius 2 is 2.29 bits per heavy atom. The molecular formula is C6H7N7O. The summed E-state index contributed by atoms with van der Waals surface area (Å²) in [7, 11) is 0. The molecule has 8 nitrogen and oxygen atoms in total. The summed E-state index contributed by atoms with van der Waals surface area (Å²) in [5.41, 5.74) is 10.3. The molecule has 0 unspecified atom stereocenters. The van der Waals surface area contributed by atoms with Crippen molar-refractivity contribution in [2.75, 3.05) is 0 Å². The van der Waals surface area contributed by atoms with Gasteiger partial charge in [-0.25, -0.2) is 4.98 Å². The lowest BCUT2D eigenvalue weighted by molar-refractivity contribution is 0.534. The largest absolute Gasteiger partial charge is 0.387 e.